The first kappa shape index (κ1) is 12.8. The van der Waals surface area contributed by atoms with Crippen LogP contribution in [0.3, 0.4) is 0 Å². The molecule has 0 radical (unpaired) electrons. The van der Waals surface area contributed by atoms with Crippen molar-refractivity contribution in [2.75, 3.05) is 33.8 Å². The first-order valence-electron chi connectivity index (χ1n) is 6.69. The van der Waals surface area contributed by atoms with Gasteiger partial charge in [-0.3, -0.25) is 9.69 Å². The number of carbonyl (C=O) groups excluding carboxylic acids is 1. The largest absolute Gasteiger partial charge is 0.468 e. The fourth-order valence-corrected chi connectivity index (χ4v) is 2.84. The van der Waals surface area contributed by atoms with Gasteiger partial charge in [0.15, 0.2) is 0 Å². The quantitative estimate of drug-likeness (QED) is 0.685. The average molecular weight is 240 g/mol. The molecule has 2 rings (SSSR count). The van der Waals surface area contributed by atoms with Crippen molar-refractivity contribution in [3.8, 4) is 0 Å². The summed E-state index contributed by atoms with van der Waals surface area (Å²) >= 11 is 0. The zero-order chi connectivity index (χ0) is 12.4. The molecule has 4 heteroatoms. The van der Waals surface area contributed by atoms with E-state index in [2.05, 4.69) is 23.8 Å². The van der Waals surface area contributed by atoms with Gasteiger partial charge in [-0.15, -0.1) is 0 Å². The van der Waals surface area contributed by atoms with Crippen LogP contribution in [0.4, 0.5) is 0 Å². The van der Waals surface area contributed by atoms with Gasteiger partial charge in [-0.2, -0.15) is 0 Å². The van der Waals surface area contributed by atoms with Crippen LogP contribution in [0.25, 0.3) is 0 Å². The molecule has 2 unspecified atom stereocenters. The lowest BCUT2D eigenvalue weighted by atomic mass is 10.1. The minimum absolute atomic E-state index is 0.0164. The first-order valence-corrected chi connectivity index (χ1v) is 6.69. The monoisotopic (exact) mass is 240 g/mol. The predicted octanol–water partition coefficient (Wildman–Crippen LogP) is 0.964. The molecule has 0 N–H and O–H groups in total. The molecule has 1 aliphatic carbocycles. The van der Waals surface area contributed by atoms with E-state index in [1.807, 2.05) is 0 Å². The van der Waals surface area contributed by atoms with Crippen molar-refractivity contribution in [3.05, 3.63) is 0 Å². The number of carbonyl (C=O) groups is 1. The molecular formula is C13H24N2O2. The van der Waals surface area contributed by atoms with Crippen molar-refractivity contribution in [1.82, 2.24) is 9.80 Å². The van der Waals surface area contributed by atoms with E-state index in [1.165, 1.54) is 20.0 Å². The summed E-state index contributed by atoms with van der Waals surface area (Å²) in [6, 6.07) is 0.595. The van der Waals surface area contributed by atoms with Crippen LogP contribution in [0.1, 0.15) is 26.2 Å². The van der Waals surface area contributed by atoms with Gasteiger partial charge >= 0.3 is 5.97 Å². The summed E-state index contributed by atoms with van der Waals surface area (Å²) in [5.74, 6) is 0.510. The highest BCUT2D eigenvalue weighted by atomic mass is 16.5. The number of hydrogen-bond donors (Lipinski definition) is 0. The van der Waals surface area contributed by atoms with Gasteiger partial charge in [-0.1, -0.05) is 6.92 Å². The zero-order valence-electron chi connectivity index (χ0n) is 11.2. The Kier molecular flexibility index (Phi) is 4.05. The van der Waals surface area contributed by atoms with Crippen LogP contribution in [-0.4, -0.2) is 61.6 Å². The lowest BCUT2D eigenvalue weighted by molar-refractivity contribution is -0.149. The second kappa shape index (κ2) is 5.36. The Labute approximate surface area is 104 Å². The van der Waals surface area contributed by atoms with E-state index in [4.69, 9.17) is 4.74 Å². The van der Waals surface area contributed by atoms with Gasteiger partial charge in [0.1, 0.15) is 6.04 Å². The van der Waals surface area contributed by atoms with Crippen molar-refractivity contribution in [3.63, 3.8) is 0 Å². The standard InChI is InChI=1S/C13H24N2O2/c1-4-11-9-15(8-7-14(11)2)12(10-5-6-10)13(16)17-3/h10-12H,4-9H2,1-3H3. The summed E-state index contributed by atoms with van der Waals surface area (Å²) in [5, 5.41) is 0. The predicted molar refractivity (Wildman–Crippen MR) is 66.8 cm³/mol. The van der Waals surface area contributed by atoms with Gasteiger partial charge in [0.25, 0.3) is 0 Å². The molecular weight excluding hydrogens is 216 g/mol. The summed E-state index contributed by atoms with van der Waals surface area (Å²) in [7, 11) is 3.68. The van der Waals surface area contributed by atoms with E-state index in [0.717, 1.165) is 26.1 Å². The van der Waals surface area contributed by atoms with Crippen molar-refractivity contribution < 1.29 is 9.53 Å². The Hall–Kier alpha value is -0.610. The van der Waals surface area contributed by atoms with Crippen LogP contribution in [0, 0.1) is 5.92 Å². The number of methoxy groups -OCH3 is 1. The van der Waals surface area contributed by atoms with Gasteiger partial charge in [0, 0.05) is 25.7 Å². The van der Waals surface area contributed by atoms with Crippen LogP contribution >= 0.6 is 0 Å². The molecule has 0 aromatic rings. The summed E-state index contributed by atoms with van der Waals surface area (Å²) in [5.41, 5.74) is 0. The van der Waals surface area contributed by atoms with Gasteiger partial charge in [-0.05, 0) is 32.2 Å². The highest BCUT2D eigenvalue weighted by Crippen LogP contribution is 2.36. The Morgan fingerprint density at radius 3 is 2.65 bits per heavy atom. The topological polar surface area (TPSA) is 32.8 Å². The fraction of sp³-hybridized carbons (Fsp3) is 0.923. The minimum atomic E-state index is -0.0353. The van der Waals surface area contributed by atoms with Crippen molar-refractivity contribution in [2.45, 2.75) is 38.3 Å². The number of hydrogen-bond acceptors (Lipinski definition) is 4. The molecule has 4 nitrogen and oxygen atoms in total. The van der Waals surface area contributed by atoms with Crippen LogP contribution in [0.2, 0.25) is 0 Å². The van der Waals surface area contributed by atoms with Crippen LogP contribution in [0.5, 0.6) is 0 Å². The van der Waals surface area contributed by atoms with Gasteiger partial charge in [0.2, 0.25) is 0 Å². The van der Waals surface area contributed by atoms with E-state index in [1.54, 1.807) is 0 Å². The number of likely N-dealkylation sites (N-methyl/N-ethyl adjacent to an activating group) is 1. The maximum absolute atomic E-state index is 11.9. The van der Waals surface area contributed by atoms with Gasteiger partial charge < -0.3 is 9.64 Å². The smallest absolute Gasteiger partial charge is 0.323 e. The molecule has 1 aliphatic heterocycles. The second-order valence-electron chi connectivity index (χ2n) is 5.34. The molecule has 17 heavy (non-hydrogen) atoms. The zero-order valence-corrected chi connectivity index (χ0v) is 11.2. The van der Waals surface area contributed by atoms with Crippen molar-refractivity contribution in [2.24, 2.45) is 5.92 Å². The molecule has 0 amide bonds. The number of esters is 1. The third-order valence-electron chi connectivity index (χ3n) is 4.18. The number of ether oxygens (including phenoxy) is 1. The third-order valence-corrected chi connectivity index (χ3v) is 4.18. The Morgan fingerprint density at radius 1 is 1.41 bits per heavy atom. The minimum Gasteiger partial charge on any atom is -0.468 e. The van der Waals surface area contributed by atoms with E-state index in [-0.39, 0.29) is 12.0 Å². The van der Waals surface area contributed by atoms with Crippen molar-refractivity contribution >= 4 is 5.97 Å². The highest BCUT2D eigenvalue weighted by Gasteiger charge is 2.42. The van der Waals surface area contributed by atoms with Crippen LogP contribution < -0.4 is 0 Å². The molecule has 0 bridgehead atoms. The highest BCUT2D eigenvalue weighted by molar-refractivity contribution is 5.76. The second-order valence-corrected chi connectivity index (χ2v) is 5.34. The lowest BCUT2D eigenvalue weighted by Gasteiger charge is -2.42. The third kappa shape index (κ3) is 2.80. The summed E-state index contributed by atoms with van der Waals surface area (Å²) < 4.78 is 4.97. The van der Waals surface area contributed by atoms with Gasteiger partial charge in [0.05, 0.1) is 7.11 Å². The fourth-order valence-electron chi connectivity index (χ4n) is 2.84. The molecule has 2 atom stereocenters. The Balaban J connectivity index is 2.01. The molecule has 1 heterocycles. The van der Waals surface area contributed by atoms with E-state index in [9.17, 15) is 4.79 Å². The van der Waals surface area contributed by atoms with E-state index >= 15 is 0 Å². The molecule has 0 aromatic heterocycles. The van der Waals surface area contributed by atoms with E-state index in [0.29, 0.717) is 12.0 Å². The average Bonchev–Trinajstić information content (AvgIpc) is 3.15. The number of rotatable bonds is 4. The summed E-state index contributed by atoms with van der Waals surface area (Å²) in [4.78, 5) is 16.6. The summed E-state index contributed by atoms with van der Waals surface area (Å²) in [6.07, 6.45) is 3.51. The number of nitrogens with zero attached hydrogens (tertiary/aromatic N) is 2. The Morgan fingerprint density at radius 2 is 2.12 bits per heavy atom. The van der Waals surface area contributed by atoms with Gasteiger partial charge in [-0.25, -0.2) is 0 Å². The van der Waals surface area contributed by atoms with Crippen LogP contribution in [-0.2, 0) is 9.53 Å². The maximum atomic E-state index is 11.9. The molecule has 0 spiro atoms. The SMILES string of the molecule is CCC1CN(C(C(=O)OC)C2CC2)CCN1C. The molecule has 98 valence electrons. The normalized spacial score (nSPS) is 29.0. The summed E-state index contributed by atoms with van der Waals surface area (Å²) in [6.45, 7) is 5.26. The number of piperazine rings is 1. The molecule has 2 aliphatic rings. The molecule has 2 fully saturated rings. The molecule has 0 aromatic carbocycles. The molecule has 1 saturated heterocycles. The lowest BCUT2D eigenvalue weighted by Crippen LogP contribution is -2.56. The first-order chi connectivity index (χ1) is 8.17. The Bertz CT molecular complexity index is 279. The van der Waals surface area contributed by atoms with Crippen LogP contribution in [0.15, 0.2) is 0 Å². The molecule has 1 saturated carbocycles. The maximum Gasteiger partial charge on any atom is 0.323 e. The van der Waals surface area contributed by atoms with E-state index < -0.39 is 0 Å². The van der Waals surface area contributed by atoms with Crippen molar-refractivity contribution in [1.29, 1.82) is 0 Å².